The number of aromatic amines is 2. The zero-order valence-electron chi connectivity index (χ0n) is 15.7. The first-order valence-electron chi connectivity index (χ1n) is 8.81. The second-order valence-corrected chi connectivity index (χ2v) is 7.21. The highest BCUT2D eigenvalue weighted by Gasteiger charge is 2.27. The third kappa shape index (κ3) is 4.50. The van der Waals surface area contributed by atoms with Gasteiger partial charge >= 0.3 is 11.7 Å². The van der Waals surface area contributed by atoms with Crippen LogP contribution in [0.2, 0.25) is 0 Å². The molecular formula is C18H22N5O4S+. The molecule has 1 saturated heterocycles. The molecule has 2 aromatic rings. The Hall–Kier alpha value is -2.88. The maximum Gasteiger partial charge on any atom is 0.346 e. The standard InChI is InChI=1S/C18H21N5O4S/c1-12-15(17(25)27-2)16(21-18(26)20-12)28-11-14(24)23-9-7-22(8-10-23)13-5-3-4-6-19-13/h3-6H,7-11H2,1-2H3,(H,20,21,26)/p+1. The number of anilines is 1. The lowest BCUT2D eigenvalue weighted by Gasteiger charge is -2.30. The highest BCUT2D eigenvalue weighted by atomic mass is 32.2. The summed E-state index contributed by atoms with van der Waals surface area (Å²) in [5.74, 6) is 0.466. The van der Waals surface area contributed by atoms with Crippen molar-refractivity contribution in [1.29, 1.82) is 0 Å². The van der Waals surface area contributed by atoms with Gasteiger partial charge in [0.05, 0.1) is 32.1 Å². The normalized spacial score (nSPS) is 14.1. The van der Waals surface area contributed by atoms with Crippen molar-refractivity contribution in [2.24, 2.45) is 0 Å². The van der Waals surface area contributed by atoms with E-state index in [4.69, 9.17) is 4.74 Å². The summed E-state index contributed by atoms with van der Waals surface area (Å²) >= 11 is 1.08. The number of carbonyl (C=O) groups is 2. The summed E-state index contributed by atoms with van der Waals surface area (Å²) in [6.45, 7) is 4.27. The lowest BCUT2D eigenvalue weighted by atomic mass is 10.2. The van der Waals surface area contributed by atoms with Crippen molar-refractivity contribution in [1.82, 2.24) is 14.9 Å². The molecule has 2 N–H and O–H groups in total. The van der Waals surface area contributed by atoms with E-state index in [2.05, 4.69) is 19.9 Å². The number of methoxy groups -OCH3 is 1. The molecule has 1 aliphatic rings. The molecule has 0 saturated carbocycles. The molecule has 10 heteroatoms. The number of esters is 1. The van der Waals surface area contributed by atoms with Crippen LogP contribution in [0.4, 0.5) is 5.82 Å². The van der Waals surface area contributed by atoms with Gasteiger partial charge in [-0.3, -0.25) is 9.69 Å². The van der Waals surface area contributed by atoms with Crippen LogP contribution in [0.3, 0.4) is 0 Å². The number of hydrogen-bond donors (Lipinski definition) is 1. The highest BCUT2D eigenvalue weighted by molar-refractivity contribution is 8.00. The monoisotopic (exact) mass is 404 g/mol. The average molecular weight is 404 g/mol. The molecule has 0 aromatic carbocycles. The van der Waals surface area contributed by atoms with E-state index in [0.29, 0.717) is 18.8 Å². The molecule has 1 fully saturated rings. The van der Waals surface area contributed by atoms with Crippen molar-refractivity contribution in [3.8, 4) is 0 Å². The number of H-pyrrole nitrogens is 2. The van der Waals surface area contributed by atoms with E-state index in [-0.39, 0.29) is 22.2 Å². The fraction of sp³-hybridized carbons (Fsp3) is 0.389. The molecule has 2 aromatic heterocycles. The van der Waals surface area contributed by atoms with Crippen LogP contribution in [0.5, 0.6) is 0 Å². The maximum atomic E-state index is 12.6. The van der Waals surface area contributed by atoms with Gasteiger partial charge in [-0.1, -0.05) is 17.8 Å². The van der Waals surface area contributed by atoms with Gasteiger partial charge in [0, 0.05) is 11.8 Å². The molecule has 3 heterocycles. The van der Waals surface area contributed by atoms with Gasteiger partial charge in [-0.05, 0) is 13.0 Å². The molecule has 1 amide bonds. The first-order valence-corrected chi connectivity index (χ1v) is 9.79. The van der Waals surface area contributed by atoms with Crippen molar-refractivity contribution in [3.63, 3.8) is 0 Å². The second kappa shape index (κ2) is 8.87. The Bertz CT molecular complexity index is 910. The van der Waals surface area contributed by atoms with Gasteiger partial charge in [0.15, 0.2) is 0 Å². The van der Waals surface area contributed by atoms with Crippen LogP contribution in [-0.4, -0.2) is 65.8 Å². The summed E-state index contributed by atoms with van der Waals surface area (Å²) in [5, 5.41) is 0.207. The zero-order valence-corrected chi connectivity index (χ0v) is 16.5. The Labute approximate surface area is 166 Å². The molecular weight excluding hydrogens is 382 g/mol. The number of nitrogens with zero attached hydrogens (tertiary/aromatic N) is 3. The first kappa shape index (κ1) is 19.9. The predicted molar refractivity (Wildman–Crippen MR) is 103 cm³/mol. The third-order valence-electron chi connectivity index (χ3n) is 4.47. The van der Waals surface area contributed by atoms with E-state index >= 15 is 0 Å². The number of aromatic nitrogens is 3. The molecule has 0 bridgehead atoms. The van der Waals surface area contributed by atoms with Gasteiger partial charge in [0.25, 0.3) is 5.82 Å². The van der Waals surface area contributed by atoms with Gasteiger partial charge in [-0.15, -0.1) is 0 Å². The van der Waals surface area contributed by atoms with Gasteiger partial charge in [-0.2, -0.15) is 4.98 Å². The van der Waals surface area contributed by atoms with Crippen molar-refractivity contribution in [3.05, 3.63) is 46.1 Å². The van der Waals surface area contributed by atoms with Gasteiger partial charge < -0.3 is 14.6 Å². The molecule has 0 aliphatic carbocycles. The summed E-state index contributed by atoms with van der Waals surface area (Å²) in [6.07, 6.45) is 1.87. The van der Waals surface area contributed by atoms with Crippen LogP contribution in [0.15, 0.2) is 34.2 Å². The van der Waals surface area contributed by atoms with Crippen molar-refractivity contribution >= 4 is 29.5 Å². The van der Waals surface area contributed by atoms with Crippen molar-refractivity contribution < 1.29 is 19.3 Å². The van der Waals surface area contributed by atoms with Crippen LogP contribution < -0.4 is 15.6 Å². The number of carbonyl (C=O) groups excluding carboxylic acids is 2. The summed E-state index contributed by atoms with van der Waals surface area (Å²) in [7, 11) is 1.26. The quantitative estimate of drug-likeness (QED) is 0.428. The Morgan fingerprint density at radius 1 is 1.29 bits per heavy atom. The second-order valence-electron chi connectivity index (χ2n) is 6.24. The molecule has 148 valence electrons. The minimum absolute atomic E-state index is 0.0581. The van der Waals surface area contributed by atoms with Crippen molar-refractivity contribution in [2.45, 2.75) is 11.9 Å². The summed E-state index contributed by atoms with van der Waals surface area (Å²) in [4.78, 5) is 49.7. The number of aryl methyl sites for hydroxylation is 1. The number of piperazine rings is 1. The molecule has 0 atom stereocenters. The zero-order chi connectivity index (χ0) is 20.1. The van der Waals surface area contributed by atoms with E-state index in [1.165, 1.54) is 7.11 Å². The molecule has 1 aliphatic heterocycles. The Morgan fingerprint density at radius 3 is 2.68 bits per heavy atom. The number of pyridine rings is 1. The SMILES string of the molecule is COC(=O)c1c(SCC(=O)N2CCN(c3cccc[nH+]3)CC2)nc(=O)[nH]c1C. The number of hydrogen-bond acceptors (Lipinski definition) is 7. The fourth-order valence-corrected chi connectivity index (χ4v) is 3.98. The minimum atomic E-state index is -0.594. The van der Waals surface area contributed by atoms with Crippen LogP contribution in [0.1, 0.15) is 16.1 Å². The minimum Gasteiger partial charge on any atom is -0.465 e. The predicted octanol–water partition coefficient (Wildman–Crippen LogP) is 0.120. The molecule has 0 spiro atoms. The van der Waals surface area contributed by atoms with Gasteiger partial charge in [0.1, 0.15) is 23.7 Å². The highest BCUT2D eigenvalue weighted by Crippen LogP contribution is 2.22. The molecule has 0 radical (unpaired) electrons. The smallest absolute Gasteiger partial charge is 0.346 e. The molecule has 3 rings (SSSR count). The molecule has 28 heavy (non-hydrogen) atoms. The first-order chi connectivity index (χ1) is 13.5. The lowest BCUT2D eigenvalue weighted by molar-refractivity contribution is -0.364. The van der Waals surface area contributed by atoms with E-state index in [9.17, 15) is 14.4 Å². The Kier molecular flexibility index (Phi) is 6.30. The number of rotatable bonds is 5. The maximum absolute atomic E-state index is 12.6. The Balaban J connectivity index is 1.61. The summed E-state index contributed by atoms with van der Waals surface area (Å²) in [6, 6.07) is 5.89. The van der Waals surface area contributed by atoms with Gasteiger partial charge in [0.2, 0.25) is 5.91 Å². The average Bonchev–Trinajstić information content (AvgIpc) is 2.72. The van der Waals surface area contributed by atoms with E-state index in [1.54, 1.807) is 11.8 Å². The number of thioether (sulfide) groups is 1. The summed E-state index contributed by atoms with van der Waals surface area (Å²) in [5.41, 5.74) is -0.00770. The van der Waals surface area contributed by atoms with E-state index in [1.807, 2.05) is 24.4 Å². The number of nitrogens with one attached hydrogen (secondary N) is 2. The van der Waals surface area contributed by atoms with Crippen LogP contribution in [-0.2, 0) is 9.53 Å². The largest absolute Gasteiger partial charge is 0.465 e. The van der Waals surface area contributed by atoms with E-state index in [0.717, 1.165) is 30.7 Å². The van der Waals surface area contributed by atoms with Crippen LogP contribution in [0, 0.1) is 6.92 Å². The van der Waals surface area contributed by atoms with E-state index < -0.39 is 11.7 Å². The fourth-order valence-electron chi connectivity index (χ4n) is 3.00. The topological polar surface area (TPSA) is 110 Å². The molecule has 0 unspecified atom stereocenters. The molecule has 9 nitrogen and oxygen atoms in total. The van der Waals surface area contributed by atoms with Gasteiger partial charge in [-0.25, -0.2) is 14.6 Å². The van der Waals surface area contributed by atoms with Crippen molar-refractivity contribution in [2.75, 3.05) is 43.9 Å². The van der Waals surface area contributed by atoms with Crippen LogP contribution in [0.25, 0.3) is 0 Å². The third-order valence-corrected chi connectivity index (χ3v) is 5.43. The van der Waals surface area contributed by atoms with Crippen LogP contribution >= 0.6 is 11.8 Å². The number of amides is 1. The number of ether oxygens (including phenoxy) is 1. The lowest BCUT2D eigenvalue weighted by Crippen LogP contribution is -2.50. The Morgan fingerprint density at radius 2 is 2.04 bits per heavy atom. The summed E-state index contributed by atoms with van der Waals surface area (Å²) < 4.78 is 4.76.